The first-order valence-corrected chi connectivity index (χ1v) is 5.29. The molecular weight excluding hydrogens is 150 g/mol. The zero-order valence-electron chi connectivity index (χ0n) is 8.89. The predicted molar refractivity (Wildman–Crippen MR) is 53.5 cm³/mol. The molecule has 0 aromatic heterocycles. The molecule has 0 aromatic carbocycles. The van der Waals surface area contributed by atoms with Gasteiger partial charge in [0.15, 0.2) is 0 Å². The van der Waals surface area contributed by atoms with E-state index in [1.165, 1.54) is 12.8 Å². The minimum absolute atomic E-state index is 0.689. The Bertz CT molecular complexity index is 81.8. The lowest BCUT2D eigenvalue weighted by molar-refractivity contribution is 0.0728. The van der Waals surface area contributed by atoms with Gasteiger partial charge >= 0.3 is 0 Å². The monoisotopic (exact) mass is 173 g/mol. The van der Waals surface area contributed by atoms with Gasteiger partial charge in [0.1, 0.15) is 0 Å². The van der Waals surface area contributed by atoms with E-state index in [0.717, 1.165) is 13.2 Å². The molecule has 2 heteroatoms. The number of fused-ring (bicyclic) bond motifs is 2. The molecule has 12 heavy (non-hydrogen) atoms. The summed E-state index contributed by atoms with van der Waals surface area (Å²) in [7, 11) is 0. The highest BCUT2D eigenvalue weighted by Gasteiger charge is 2.27. The molecule has 2 fully saturated rings. The van der Waals surface area contributed by atoms with Crippen molar-refractivity contribution in [2.45, 2.75) is 52.6 Å². The number of ether oxygens (including phenoxy) is 1. The Morgan fingerprint density at radius 3 is 1.67 bits per heavy atom. The van der Waals surface area contributed by atoms with Crippen LogP contribution >= 0.6 is 0 Å². The largest absolute Gasteiger partial charge is 0.378 e. The summed E-state index contributed by atoms with van der Waals surface area (Å²) in [6.07, 6.45) is 2.65. The van der Waals surface area contributed by atoms with Gasteiger partial charge in [0, 0.05) is 12.1 Å². The second-order valence-corrected chi connectivity index (χ2v) is 2.68. The maximum atomic E-state index is 5.29. The van der Waals surface area contributed by atoms with Crippen LogP contribution in [-0.2, 0) is 4.74 Å². The summed E-state index contributed by atoms with van der Waals surface area (Å²) < 4.78 is 5.29. The molecule has 0 aromatic rings. The number of rotatable bonds is 0. The summed E-state index contributed by atoms with van der Waals surface area (Å²) in [4.78, 5) is 0. The van der Waals surface area contributed by atoms with E-state index in [2.05, 4.69) is 5.32 Å². The van der Waals surface area contributed by atoms with Crippen LogP contribution in [0, 0.1) is 0 Å². The molecule has 0 spiro atoms. The molecule has 2 nitrogen and oxygen atoms in total. The van der Waals surface area contributed by atoms with Crippen molar-refractivity contribution in [3.05, 3.63) is 0 Å². The fourth-order valence-electron chi connectivity index (χ4n) is 1.52. The molecule has 2 unspecified atom stereocenters. The molecule has 0 amide bonds. The van der Waals surface area contributed by atoms with Crippen LogP contribution in [0.4, 0.5) is 0 Å². The van der Waals surface area contributed by atoms with Gasteiger partial charge in [-0.05, 0) is 12.8 Å². The summed E-state index contributed by atoms with van der Waals surface area (Å²) in [5.41, 5.74) is 0. The average molecular weight is 173 g/mol. The molecule has 2 saturated heterocycles. The molecule has 0 saturated carbocycles. The van der Waals surface area contributed by atoms with Crippen LogP contribution in [0.3, 0.4) is 0 Å². The van der Waals surface area contributed by atoms with E-state index in [9.17, 15) is 0 Å². The third-order valence-corrected chi connectivity index (χ3v) is 1.97. The van der Waals surface area contributed by atoms with Gasteiger partial charge in [0.05, 0.1) is 13.2 Å². The van der Waals surface area contributed by atoms with Crippen molar-refractivity contribution in [1.82, 2.24) is 5.32 Å². The lowest BCUT2D eigenvalue weighted by atomic mass is 10.2. The van der Waals surface area contributed by atoms with Gasteiger partial charge in [-0.1, -0.05) is 27.7 Å². The normalized spacial score (nSPS) is 31.0. The predicted octanol–water partition coefficient (Wildman–Crippen LogP) is 2.19. The maximum Gasteiger partial charge on any atom is 0.0620 e. The molecule has 74 valence electrons. The van der Waals surface area contributed by atoms with Gasteiger partial charge < -0.3 is 10.1 Å². The molecule has 2 bridgehead atoms. The van der Waals surface area contributed by atoms with E-state index in [0.29, 0.717) is 12.1 Å². The second kappa shape index (κ2) is 7.56. The minimum Gasteiger partial charge on any atom is -0.378 e. The van der Waals surface area contributed by atoms with Gasteiger partial charge in [-0.25, -0.2) is 0 Å². The van der Waals surface area contributed by atoms with E-state index in [1.54, 1.807) is 0 Å². The van der Waals surface area contributed by atoms with Crippen LogP contribution in [0.5, 0.6) is 0 Å². The van der Waals surface area contributed by atoms with Crippen LogP contribution in [0.2, 0.25) is 0 Å². The lowest BCUT2D eigenvalue weighted by Gasteiger charge is -2.20. The molecule has 1 N–H and O–H groups in total. The van der Waals surface area contributed by atoms with Gasteiger partial charge in [-0.2, -0.15) is 0 Å². The first-order chi connectivity index (χ1) is 5.95. The standard InChI is InChI=1S/C6H11NO.2C2H6/c1-2-6-4-8-3-5(1)7-6;2*1-2/h5-7H,1-4H2;2*1-2H3. The van der Waals surface area contributed by atoms with Crippen LogP contribution in [0.25, 0.3) is 0 Å². The topological polar surface area (TPSA) is 21.3 Å². The SMILES string of the molecule is C1CC2COCC1N2.CC.CC. The van der Waals surface area contributed by atoms with Crippen LogP contribution in [-0.4, -0.2) is 25.3 Å². The highest BCUT2D eigenvalue weighted by Crippen LogP contribution is 2.16. The zero-order valence-corrected chi connectivity index (χ0v) is 8.89. The summed E-state index contributed by atoms with van der Waals surface area (Å²) in [6.45, 7) is 9.88. The van der Waals surface area contributed by atoms with Gasteiger partial charge in [0.2, 0.25) is 0 Å². The Balaban J connectivity index is 0.000000269. The van der Waals surface area contributed by atoms with Gasteiger partial charge in [-0.15, -0.1) is 0 Å². The zero-order chi connectivity index (χ0) is 9.40. The highest BCUT2D eigenvalue weighted by molar-refractivity contribution is 4.86. The van der Waals surface area contributed by atoms with Crippen molar-refractivity contribution in [1.29, 1.82) is 0 Å². The van der Waals surface area contributed by atoms with Crippen LogP contribution in [0.15, 0.2) is 0 Å². The number of morpholine rings is 1. The Kier molecular flexibility index (Phi) is 7.51. The molecule has 2 heterocycles. The van der Waals surface area contributed by atoms with Crippen LogP contribution in [0.1, 0.15) is 40.5 Å². The van der Waals surface area contributed by atoms with Crippen molar-refractivity contribution in [3.8, 4) is 0 Å². The Morgan fingerprint density at radius 1 is 0.917 bits per heavy atom. The maximum absolute atomic E-state index is 5.29. The smallest absolute Gasteiger partial charge is 0.0620 e. The average Bonchev–Trinajstić information content (AvgIpc) is 2.52. The summed E-state index contributed by atoms with van der Waals surface area (Å²) >= 11 is 0. The molecule has 2 atom stereocenters. The Hall–Kier alpha value is -0.0800. The van der Waals surface area contributed by atoms with Crippen molar-refractivity contribution in [3.63, 3.8) is 0 Å². The second-order valence-electron chi connectivity index (χ2n) is 2.68. The van der Waals surface area contributed by atoms with Crippen molar-refractivity contribution < 1.29 is 4.74 Å². The first kappa shape index (κ1) is 11.9. The Labute approximate surface area is 76.7 Å². The van der Waals surface area contributed by atoms with E-state index >= 15 is 0 Å². The van der Waals surface area contributed by atoms with Gasteiger partial charge in [0.25, 0.3) is 0 Å². The number of hydrogen-bond donors (Lipinski definition) is 1. The molecule has 0 aliphatic carbocycles. The van der Waals surface area contributed by atoms with Crippen LogP contribution < -0.4 is 5.32 Å². The quantitative estimate of drug-likeness (QED) is 0.606. The molecular formula is C10H23NO. The first-order valence-electron chi connectivity index (χ1n) is 5.29. The van der Waals surface area contributed by atoms with E-state index in [-0.39, 0.29) is 0 Å². The minimum atomic E-state index is 0.689. The van der Waals surface area contributed by atoms with Crippen molar-refractivity contribution in [2.75, 3.05) is 13.2 Å². The third-order valence-electron chi connectivity index (χ3n) is 1.97. The fraction of sp³-hybridized carbons (Fsp3) is 1.00. The van der Waals surface area contributed by atoms with E-state index < -0.39 is 0 Å². The highest BCUT2D eigenvalue weighted by atomic mass is 16.5. The molecule has 2 aliphatic heterocycles. The summed E-state index contributed by atoms with van der Waals surface area (Å²) in [6, 6.07) is 1.38. The molecule has 2 aliphatic rings. The summed E-state index contributed by atoms with van der Waals surface area (Å²) in [5.74, 6) is 0. The summed E-state index contributed by atoms with van der Waals surface area (Å²) in [5, 5.41) is 3.47. The Morgan fingerprint density at radius 2 is 1.33 bits per heavy atom. The van der Waals surface area contributed by atoms with Crippen molar-refractivity contribution >= 4 is 0 Å². The third kappa shape index (κ3) is 3.55. The molecule has 2 rings (SSSR count). The number of nitrogens with one attached hydrogen (secondary N) is 1. The molecule has 0 radical (unpaired) electrons. The fourth-order valence-corrected chi connectivity index (χ4v) is 1.52. The van der Waals surface area contributed by atoms with E-state index in [1.807, 2.05) is 27.7 Å². The lowest BCUT2D eigenvalue weighted by Crippen LogP contribution is -2.41. The van der Waals surface area contributed by atoms with Gasteiger partial charge in [-0.3, -0.25) is 0 Å². The van der Waals surface area contributed by atoms with Crippen molar-refractivity contribution in [2.24, 2.45) is 0 Å². The van der Waals surface area contributed by atoms with E-state index in [4.69, 9.17) is 4.74 Å². The number of hydrogen-bond acceptors (Lipinski definition) is 2.